The van der Waals surface area contributed by atoms with Gasteiger partial charge in [0.1, 0.15) is 5.57 Å². The molecule has 1 fully saturated rings. The van der Waals surface area contributed by atoms with Crippen molar-refractivity contribution in [3.63, 3.8) is 0 Å². The first-order chi connectivity index (χ1) is 17.0. The zero-order valence-electron chi connectivity index (χ0n) is 18.9. The lowest BCUT2D eigenvalue weighted by molar-refractivity contribution is -0.122. The highest BCUT2D eigenvalue weighted by Gasteiger charge is 2.37. The minimum atomic E-state index is -1.29. The summed E-state index contributed by atoms with van der Waals surface area (Å²) in [6.07, 6.45) is 1.34. The first kappa shape index (κ1) is 24.6. The van der Waals surface area contributed by atoms with E-state index in [1.165, 1.54) is 18.2 Å². The molecule has 1 saturated heterocycles. The largest absolute Gasteiger partial charge is 0.478 e. The van der Waals surface area contributed by atoms with Crippen LogP contribution in [0, 0.1) is 13.8 Å². The van der Waals surface area contributed by atoms with Gasteiger partial charge in [-0.2, -0.15) is 0 Å². The van der Waals surface area contributed by atoms with Crippen molar-refractivity contribution < 1.29 is 34.2 Å². The van der Waals surface area contributed by atoms with E-state index < -0.39 is 29.8 Å². The Morgan fingerprint density at radius 3 is 2.14 bits per heavy atom. The van der Waals surface area contributed by atoms with Gasteiger partial charge < -0.3 is 14.8 Å². The molecule has 182 valence electrons. The van der Waals surface area contributed by atoms with Crippen molar-refractivity contribution in [3.05, 3.63) is 86.7 Å². The van der Waals surface area contributed by atoms with Gasteiger partial charge in [-0.1, -0.05) is 22.0 Å². The van der Waals surface area contributed by atoms with Gasteiger partial charge in [0.2, 0.25) is 0 Å². The molecule has 3 aromatic rings. The molecule has 2 aromatic carbocycles. The summed E-state index contributed by atoms with van der Waals surface area (Å²) in [5.74, 6) is -4.24. The highest BCUT2D eigenvalue weighted by atomic mass is 79.9. The average Bonchev–Trinajstić information content (AvgIpc) is 3.08. The normalized spacial score (nSPS) is 14.8. The topological polar surface area (TPSA) is 146 Å². The number of hydrogen-bond donors (Lipinski definition) is 3. The molecule has 3 N–H and O–H groups in total. The minimum absolute atomic E-state index is 0.206. The number of carboxylic acid groups (broad SMARTS) is 2. The summed E-state index contributed by atoms with van der Waals surface area (Å²) in [5.41, 5.74) is 1.43. The van der Waals surface area contributed by atoms with Gasteiger partial charge in [-0.05, 0) is 68.0 Å². The van der Waals surface area contributed by atoms with Crippen molar-refractivity contribution in [2.75, 3.05) is 4.90 Å². The Balaban J connectivity index is 1.81. The number of carboxylic acids is 2. The number of benzene rings is 2. The van der Waals surface area contributed by atoms with E-state index in [2.05, 4.69) is 21.2 Å². The summed E-state index contributed by atoms with van der Waals surface area (Å²) in [4.78, 5) is 62.1. The number of carbonyl (C=O) groups is 5. The van der Waals surface area contributed by atoms with E-state index >= 15 is 0 Å². The van der Waals surface area contributed by atoms with Crippen LogP contribution in [0.3, 0.4) is 0 Å². The number of carbonyl (C=O) groups excluding carboxylic acids is 3. The number of rotatable bonds is 5. The van der Waals surface area contributed by atoms with Crippen molar-refractivity contribution in [3.8, 4) is 5.69 Å². The summed E-state index contributed by atoms with van der Waals surface area (Å²) in [6, 6.07) is 11.0. The van der Waals surface area contributed by atoms with Crippen LogP contribution in [0.1, 0.15) is 37.7 Å². The first-order valence-electron chi connectivity index (χ1n) is 10.5. The number of halogens is 1. The molecule has 0 bridgehead atoms. The quantitative estimate of drug-likeness (QED) is 0.321. The molecular weight excluding hydrogens is 534 g/mol. The van der Waals surface area contributed by atoms with Crippen molar-refractivity contribution in [1.82, 2.24) is 9.88 Å². The fraction of sp³-hybridized carbons (Fsp3) is 0.0800. The smallest absolute Gasteiger partial charge is 0.335 e. The molecule has 1 aliphatic rings. The molecule has 4 amide bonds. The Hall–Kier alpha value is -4.51. The Kier molecular flexibility index (Phi) is 6.34. The number of hydrogen-bond acceptors (Lipinski definition) is 5. The van der Waals surface area contributed by atoms with Crippen LogP contribution >= 0.6 is 15.9 Å². The number of aryl methyl sites for hydroxylation is 1. The summed E-state index contributed by atoms with van der Waals surface area (Å²) >= 11 is 3.29. The lowest BCUT2D eigenvalue weighted by Gasteiger charge is -2.26. The number of aromatic carboxylic acids is 2. The van der Waals surface area contributed by atoms with Crippen molar-refractivity contribution in [2.24, 2.45) is 0 Å². The number of anilines is 1. The Morgan fingerprint density at radius 2 is 1.56 bits per heavy atom. The van der Waals surface area contributed by atoms with Gasteiger partial charge in [0, 0.05) is 21.5 Å². The molecule has 36 heavy (non-hydrogen) atoms. The number of barbiturate groups is 1. The van der Waals surface area contributed by atoms with Gasteiger partial charge in [0.05, 0.1) is 16.8 Å². The molecule has 0 spiro atoms. The van der Waals surface area contributed by atoms with Gasteiger partial charge in [0.25, 0.3) is 11.8 Å². The van der Waals surface area contributed by atoms with E-state index in [0.29, 0.717) is 21.4 Å². The van der Waals surface area contributed by atoms with Crippen LogP contribution in [-0.2, 0) is 9.59 Å². The molecule has 11 heteroatoms. The lowest BCUT2D eigenvalue weighted by atomic mass is 10.1. The number of nitrogens with zero attached hydrogens (tertiary/aromatic N) is 2. The highest BCUT2D eigenvalue weighted by Crippen LogP contribution is 2.28. The van der Waals surface area contributed by atoms with Crippen molar-refractivity contribution in [2.45, 2.75) is 13.8 Å². The SMILES string of the molecule is Cc1cc(/C=C2\C(=O)NC(=O)N(c3cccc(Br)c3)C2=O)c(C)n1-c1cc(C(=O)O)cc(C(=O)O)c1. The predicted octanol–water partition coefficient (Wildman–Crippen LogP) is 3.92. The molecule has 0 saturated carbocycles. The second kappa shape index (κ2) is 9.27. The summed E-state index contributed by atoms with van der Waals surface area (Å²) in [5, 5.41) is 21.0. The lowest BCUT2D eigenvalue weighted by Crippen LogP contribution is -2.54. The molecular formula is C25H18BrN3O7. The highest BCUT2D eigenvalue weighted by molar-refractivity contribution is 9.10. The van der Waals surface area contributed by atoms with Crippen molar-refractivity contribution >= 4 is 57.5 Å². The fourth-order valence-corrected chi connectivity index (χ4v) is 4.37. The van der Waals surface area contributed by atoms with Crippen LogP contribution < -0.4 is 10.2 Å². The third kappa shape index (κ3) is 4.43. The Labute approximate surface area is 212 Å². The molecule has 1 aromatic heterocycles. The van der Waals surface area contributed by atoms with Gasteiger partial charge in [0.15, 0.2) is 0 Å². The molecule has 2 heterocycles. The van der Waals surface area contributed by atoms with Crippen LogP contribution in [0.4, 0.5) is 10.5 Å². The Bertz CT molecular complexity index is 1490. The number of urea groups is 1. The van der Waals surface area contributed by atoms with E-state index in [4.69, 9.17) is 0 Å². The maximum Gasteiger partial charge on any atom is 0.335 e. The van der Waals surface area contributed by atoms with Gasteiger partial charge in [-0.15, -0.1) is 0 Å². The molecule has 0 aliphatic carbocycles. The average molecular weight is 552 g/mol. The van der Waals surface area contributed by atoms with Gasteiger partial charge in [-0.25, -0.2) is 19.3 Å². The number of aromatic nitrogens is 1. The summed E-state index contributed by atoms with van der Waals surface area (Å²) in [6.45, 7) is 3.39. The number of amides is 4. The van der Waals surface area contributed by atoms with Crippen LogP contribution in [0.25, 0.3) is 11.8 Å². The van der Waals surface area contributed by atoms with Crippen LogP contribution in [0.5, 0.6) is 0 Å². The minimum Gasteiger partial charge on any atom is -0.478 e. The monoisotopic (exact) mass is 551 g/mol. The molecule has 10 nitrogen and oxygen atoms in total. The molecule has 1 aliphatic heterocycles. The summed E-state index contributed by atoms with van der Waals surface area (Å²) in [7, 11) is 0. The fourth-order valence-electron chi connectivity index (χ4n) is 3.98. The van der Waals surface area contributed by atoms with Crippen LogP contribution in [-0.4, -0.2) is 44.6 Å². The maximum absolute atomic E-state index is 13.2. The summed E-state index contributed by atoms with van der Waals surface area (Å²) < 4.78 is 2.25. The van der Waals surface area contributed by atoms with Gasteiger partial charge >= 0.3 is 18.0 Å². The molecule has 0 radical (unpaired) electrons. The van der Waals surface area contributed by atoms with E-state index in [1.807, 2.05) is 0 Å². The Morgan fingerprint density at radius 1 is 0.917 bits per heavy atom. The van der Waals surface area contributed by atoms with Gasteiger partial charge in [-0.3, -0.25) is 14.9 Å². The van der Waals surface area contributed by atoms with Crippen molar-refractivity contribution in [1.29, 1.82) is 0 Å². The van der Waals surface area contributed by atoms with Crippen LogP contribution in [0.15, 0.2) is 58.6 Å². The third-order valence-electron chi connectivity index (χ3n) is 5.61. The standard InChI is InChI=1S/C25H18BrN3O7/c1-12-6-14(13(2)28(12)19-8-15(23(32)33)7-16(9-19)24(34)35)10-20-21(30)27-25(36)29(22(20)31)18-5-3-4-17(26)11-18/h3-11H,1-2H3,(H,32,33)(H,34,35)(H,27,30,36)/b20-10+. The molecule has 4 rings (SSSR count). The zero-order chi connectivity index (χ0) is 26.3. The number of nitrogens with one attached hydrogen (secondary N) is 1. The van der Waals surface area contributed by atoms with E-state index in [9.17, 15) is 34.2 Å². The second-order valence-electron chi connectivity index (χ2n) is 7.98. The molecule has 0 unspecified atom stereocenters. The molecule has 0 atom stereocenters. The van der Waals surface area contributed by atoms with E-state index in [0.717, 1.165) is 11.0 Å². The first-order valence-corrected chi connectivity index (χ1v) is 11.2. The van der Waals surface area contributed by atoms with E-state index in [1.54, 1.807) is 48.7 Å². The maximum atomic E-state index is 13.2. The second-order valence-corrected chi connectivity index (χ2v) is 8.89. The predicted molar refractivity (Wildman–Crippen MR) is 132 cm³/mol. The van der Waals surface area contributed by atoms with Crippen LogP contribution in [0.2, 0.25) is 0 Å². The zero-order valence-corrected chi connectivity index (χ0v) is 20.5. The third-order valence-corrected chi connectivity index (χ3v) is 6.10. The van der Waals surface area contributed by atoms with E-state index in [-0.39, 0.29) is 28.1 Å². The number of imide groups is 2.